The van der Waals surface area contributed by atoms with E-state index in [2.05, 4.69) is 16.7 Å². The Balaban J connectivity index is 1.91. The predicted octanol–water partition coefficient (Wildman–Crippen LogP) is 2.52. The molecule has 1 fully saturated rings. The van der Waals surface area contributed by atoms with E-state index in [1.165, 1.54) is 0 Å². The molecule has 1 unspecified atom stereocenters. The number of ether oxygens (including phenoxy) is 1. The second-order valence-electron chi connectivity index (χ2n) is 5.47. The fourth-order valence-corrected chi connectivity index (χ4v) is 3.48. The summed E-state index contributed by atoms with van der Waals surface area (Å²) in [5.41, 5.74) is 2.99. The first-order valence-corrected chi connectivity index (χ1v) is 7.44. The van der Waals surface area contributed by atoms with Gasteiger partial charge in [0.1, 0.15) is 0 Å². The minimum Gasteiger partial charge on any atom is -0.381 e. The van der Waals surface area contributed by atoms with Gasteiger partial charge in [0.25, 0.3) is 0 Å². The maximum absolute atomic E-state index is 11.5. The SMILES string of the molecule is CNC(c1cc2c(cc1Cl)NC(=O)C2)C1CCOCC1. The smallest absolute Gasteiger partial charge is 0.228 e. The summed E-state index contributed by atoms with van der Waals surface area (Å²) in [6, 6.07) is 4.17. The van der Waals surface area contributed by atoms with Gasteiger partial charge in [-0.3, -0.25) is 4.79 Å². The van der Waals surface area contributed by atoms with Gasteiger partial charge in [0.15, 0.2) is 0 Å². The molecule has 1 aromatic carbocycles. The monoisotopic (exact) mass is 294 g/mol. The summed E-state index contributed by atoms with van der Waals surface area (Å²) in [6.45, 7) is 1.62. The van der Waals surface area contributed by atoms with E-state index in [1.54, 1.807) is 0 Å². The largest absolute Gasteiger partial charge is 0.381 e. The van der Waals surface area contributed by atoms with Crippen LogP contribution in [0.25, 0.3) is 0 Å². The summed E-state index contributed by atoms with van der Waals surface area (Å²) in [4.78, 5) is 11.5. The quantitative estimate of drug-likeness (QED) is 0.901. The number of hydrogen-bond acceptors (Lipinski definition) is 3. The normalized spacial score (nSPS) is 20.6. The molecule has 0 radical (unpaired) electrons. The minimum absolute atomic E-state index is 0.0419. The standard InChI is InChI=1S/C15H19ClN2O2/c1-17-15(9-2-4-20-5-3-9)11-6-10-7-14(19)18-13(10)8-12(11)16/h6,8-9,15,17H,2-5,7H2,1H3,(H,18,19). The molecular weight excluding hydrogens is 276 g/mol. The Hall–Kier alpha value is -1.10. The van der Waals surface area contributed by atoms with Crippen molar-refractivity contribution in [3.63, 3.8) is 0 Å². The lowest BCUT2D eigenvalue weighted by atomic mass is 9.86. The van der Waals surface area contributed by atoms with Gasteiger partial charge in [0.05, 0.1) is 6.42 Å². The molecule has 1 atom stereocenters. The van der Waals surface area contributed by atoms with Crippen LogP contribution in [-0.4, -0.2) is 26.2 Å². The molecule has 2 aliphatic heterocycles. The molecule has 2 heterocycles. The molecule has 0 bridgehead atoms. The van der Waals surface area contributed by atoms with Crippen molar-refractivity contribution in [2.24, 2.45) is 5.92 Å². The van der Waals surface area contributed by atoms with Crippen molar-refractivity contribution in [1.29, 1.82) is 0 Å². The molecule has 0 spiro atoms. The van der Waals surface area contributed by atoms with Gasteiger partial charge in [-0.15, -0.1) is 0 Å². The molecule has 5 heteroatoms. The molecule has 1 amide bonds. The molecule has 0 aromatic heterocycles. The van der Waals surface area contributed by atoms with Gasteiger partial charge in [-0.1, -0.05) is 17.7 Å². The van der Waals surface area contributed by atoms with Crippen molar-refractivity contribution in [2.75, 3.05) is 25.6 Å². The second-order valence-corrected chi connectivity index (χ2v) is 5.88. The van der Waals surface area contributed by atoms with E-state index in [4.69, 9.17) is 16.3 Å². The number of halogens is 1. The molecule has 108 valence electrons. The number of rotatable bonds is 3. The summed E-state index contributed by atoms with van der Waals surface area (Å²) < 4.78 is 5.43. The topological polar surface area (TPSA) is 50.4 Å². The van der Waals surface area contributed by atoms with E-state index in [9.17, 15) is 4.79 Å². The first-order valence-electron chi connectivity index (χ1n) is 7.06. The zero-order chi connectivity index (χ0) is 14.1. The molecular formula is C15H19ClN2O2. The summed E-state index contributed by atoms with van der Waals surface area (Å²) >= 11 is 6.43. The number of benzene rings is 1. The maximum Gasteiger partial charge on any atom is 0.228 e. The molecule has 0 aliphatic carbocycles. The number of fused-ring (bicyclic) bond motifs is 1. The lowest BCUT2D eigenvalue weighted by Crippen LogP contribution is -2.30. The number of anilines is 1. The average Bonchev–Trinajstić information content (AvgIpc) is 2.80. The van der Waals surface area contributed by atoms with Crippen LogP contribution >= 0.6 is 11.6 Å². The van der Waals surface area contributed by atoms with Crippen molar-refractivity contribution in [1.82, 2.24) is 5.32 Å². The average molecular weight is 295 g/mol. The summed E-state index contributed by atoms with van der Waals surface area (Å²) in [5.74, 6) is 0.564. The highest BCUT2D eigenvalue weighted by Gasteiger charge is 2.28. The van der Waals surface area contributed by atoms with Crippen LogP contribution in [0, 0.1) is 5.92 Å². The third-order valence-electron chi connectivity index (χ3n) is 4.23. The molecule has 2 aliphatic rings. The Bertz CT molecular complexity index is 527. The summed E-state index contributed by atoms with van der Waals surface area (Å²) in [7, 11) is 1.97. The third-order valence-corrected chi connectivity index (χ3v) is 4.56. The van der Waals surface area contributed by atoms with E-state index >= 15 is 0 Å². The maximum atomic E-state index is 11.5. The third kappa shape index (κ3) is 2.55. The first kappa shape index (κ1) is 13.9. The molecule has 3 rings (SSSR count). The number of nitrogens with one attached hydrogen (secondary N) is 2. The van der Waals surface area contributed by atoms with E-state index < -0.39 is 0 Å². The van der Waals surface area contributed by atoms with Gasteiger partial charge in [-0.2, -0.15) is 0 Å². The van der Waals surface area contributed by atoms with Gasteiger partial charge >= 0.3 is 0 Å². The highest BCUT2D eigenvalue weighted by molar-refractivity contribution is 6.32. The second kappa shape index (κ2) is 5.72. The Morgan fingerprint density at radius 2 is 2.15 bits per heavy atom. The molecule has 0 saturated carbocycles. The van der Waals surface area contributed by atoms with E-state index in [0.717, 1.165) is 47.9 Å². The Kier molecular flexibility index (Phi) is 3.96. The van der Waals surface area contributed by atoms with E-state index in [-0.39, 0.29) is 11.9 Å². The van der Waals surface area contributed by atoms with Crippen LogP contribution in [0.3, 0.4) is 0 Å². The van der Waals surface area contributed by atoms with Crippen molar-refractivity contribution in [3.8, 4) is 0 Å². The van der Waals surface area contributed by atoms with Gasteiger partial charge < -0.3 is 15.4 Å². The van der Waals surface area contributed by atoms with Crippen molar-refractivity contribution >= 4 is 23.2 Å². The lowest BCUT2D eigenvalue weighted by molar-refractivity contribution is -0.115. The van der Waals surface area contributed by atoms with Crippen molar-refractivity contribution in [2.45, 2.75) is 25.3 Å². The van der Waals surface area contributed by atoms with Crippen LogP contribution in [-0.2, 0) is 16.0 Å². The van der Waals surface area contributed by atoms with E-state index in [0.29, 0.717) is 12.3 Å². The van der Waals surface area contributed by atoms with Crippen LogP contribution in [0.15, 0.2) is 12.1 Å². The summed E-state index contributed by atoms with van der Waals surface area (Å²) in [6.07, 6.45) is 2.52. The lowest BCUT2D eigenvalue weighted by Gasteiger charge is -2.31. The van der Waals surface area contributed by atoms with Gasteiger partial charge in [-0.25, -0.2) is 0 Å². The van der Waals surface area contributed by atoms with Gasteiger partial charge in [-0.05, 0) is 43.0 Å². The number of hydrogen-bond donors (Lipinski definition) is 2. The minimum atomic E-state index is 0.0419. The zero-order valence-electron chi connectivity index (χ0n) is 11.5. The van der Waals surface area contributed by atoms with Crippen molar-refractivity contribution < 1.29 is 9.53 Å². The van der Waals surface area contributed by atoms with Crippen LogP contribution in [0.5, 0.6) is 0 Å². The molecule has 2 N–H and O–H groups in total. The van der Waals surface area contributed by atoms with Gasteiger partial charge in [0, 0.05) is 30.0 Å². The Morgan fingerprint density at radius 3 is 2.85 bits per heavy atom. The predicted molar refractivity (Wildman–Crippen MR) is 79.1 cm³/mol. The molecule has 1 aromatic rings. The first-order chi connectivity index (χ1) is 9.69. The van der Waals surface area contributed by atoms with E-state index in [1.807, 2.05) is 13.1 Å². The van der Waals surface area contributed by atoms with Gasteiger partial charge in [0.2, 0.25) is 5.91 Å². The number of amides is 1. The Labute approximate surface area is 123 Å². The molecule has 1 saturated heterocycles. The van der Waals surface area contributed by atoms with Crippen LogP contribution in [0.2, 0.25) is 5.02 Å². The van der Waals surface area contributed by atoms with Crippen molar-refractivity contribution in [3.05, 3.63) is 28.3 Å². The fourth-order valence-electron chi connectivity index (χ4n) is 3.20. The number of carbonyl (C=O) groups is 1. The highest BCUT2D eigenvalue weighted by Crippen LogP contribution is 2.37. The van der Waals surface area contributed by atoms with Crippen LogP contribution in [0.1, 0.15) is 30.0 Å². The van der Waals surface area contributed by atoms with Crippen LogP contribution in [0.4, 0.5) is 5.69 Å². The fraction of sp³-hybridized carbons (Fsp3) is 0.533. The Morgan fingerprint density at radius 1 is 1.40 bits per heavy atom. The zero-order valence-corrected chi connectivity index (χ0v) is 12.3. The molecule has 4 nitrogen and oxygen atoms in total. The molecule has 20 heavy (non-hydrogen) atoms. The number of carbonyl (C=O) groups excluding carboxylic acids is 1. The summed E-state index contributed by atoms with van der Waals surface area (Å²) in [5, 5.41) is 6.94. The van der Waals surface area contributed by atoms with Crippen LogP contribution < -0.4 is 10.6 Å². The highest BCUT2D eigenvalue weighted by atomic mass is 35.5.